The average Bonchev–Trinajstić information content (AvgIpc) is 2.68. The van der Waals surface area contributed by atoms with Crippen molar-refractivity contribution < 1.29 is 4.79 Å². The van der Waals surface area contributed by atoms with Gasteiger partial charge in [0.2, 0.25) is 0 Å². The molecule has 4 aromatic rings. The summed E-state index contributed by atoms with van der Waals surface area (Å²) in [5.74, 6) is -0.142. The Morgan fingerprint density at radius 2 is 1.73 bits per heavy atom. The highest BCUT2D eigenvalue weighted by molar-refractivity contribution is 6.05. The topological polar surface area (TPSA) is 54.9 Å². The number of aryl methyl sites for hydroxylation is 1. The van der Waals surface area contributed by atoms with Crippen molar-refractivity contribution in [2.24, 2.45) is 0 Å². The Hall–Kier alpha value is -3.53. The van der Waals surface area contributed by atoms with Crippen molar-refractivity contribution in [1.82, 2.24) is 9.97 Å². The van der Waals surface area contributed by atoms with E-state index < -0.39 is 0 Å². The highest BCUT2D eigenvalue weighted by Crippen LogP contribution is 2.20. The van der Waals surface area contributed by atoms with Crippen LogP contribution in [0.3, 0.4) is 0 Å². The van der Waals surface area contributed by atoms with Gasteiger partial charge in [0.25, 0.3) is 5.91 Å². The van der Waals surface area contributed by atoms with E-state index in [1.807, 2.05) is 73.7 Å². The van der Waals surface area contributed by atoms with Crippen LogP contribution in [-0.2, 0) is 0 Å². The standard InChI is InChI=1S/C22H17N3O/c1-15-10-12-24-21(13-15)16-4-6-17(7-5-16)22(26)25-19-8-9-20-18(14-19)3-2-11-23-20/h2-14H,1H3,(H,25,26). The normalized spacial score (nSPS) is 10.7. The van der Waals surface area contributed by atoms with Crippen LogP contribution in [0.2, 0.25) is 0 Å². The molecule has 1 amide bonds. The third-order valence-electron chi connectivity index (χ3n) is 4.22. The highest BCUT2D eigenvalue weighted by atomic mass is 16.1. The van der Waals surface area contributed by atoms with Crippen LogP contribution in [0, 0.1) is 6.92 Å². The summed E-state index contributed by atoms with van der Waals surface area (Å²) in [5, 5.41) is 3.93. The molecule has 2 aromatic heterocycles. The number of rotatable bonds is 3. The van der Waals surface area contributed by atoms with Crippen LogP contribution in [-0.4, -0.2) is 15.9 Å². The molecular weight excluding hydrogens is 322 g/mol. The average molecular weight is 339 g/mol. The molecular formula is C22H17N3O. The Morgan fingerprint density at radius 3 is 2.54 bits per heavy atom. The number of aromatic nitrogens is 2. The fraction of sp³-hybridized carbons (Fsp3) is 0.0455. The summed E-state index contributed by atoms with van der Waals surface area (Å²) >= 11 is 0. The zero-order valence-electron chi connectivity index (χ0n) is 14.3. The molecule has 2 heterocycles. The molecule has 0 unspecified atom stereocenters. The smallest absolute Gasteiger partial charge is 0.255 e. The number of carbonyl (C=O) groups excluding carboxylic acids is 1. The van der Waals surface area contributed by atoms with Crippen molar-refractivity contribution in [1.29, 1.82) is 0 Å². The number of amides is 1. The van der Waals surface area contributed by atoms with E-state index >= 15 is 0 Å². The Bertz CT molecular complexity index is 1090. The number of nitrogens with one attached hydrogen (secondary N) is 1. The van der Waals surface area contributed by atoms with E-state index in [2.05, 4.69) is 15.3 Å². The van der Waals surface area contributed by atoms with Gasteiger partial charge in [-0.1, -0.05) is 18.2 Å². The van der Waals surface area contributed by atoms with E-state index in [4.69, 9.17) is 0 Å². The van der Waals surface area contributed by atoms with Gasteiger partial charge in [-0.2, -0.15) is 0 Å². The number of anilines is 1. The zero-order chi connectivity index (χ0) is 17.9. The van der Waals surface area contributed by atoms with Crippen molar-refractivity contribution in [3.8, 4) is 11.3 Å². The van der Waals surface area contributed by atoms with Gasteiger partial charge in [-0.25, -0.2) is 0 Å². The van der Waals surface area contributed by atoms with Crippen molar-refractivity contribution >= 4 is 22.5 Å². The molecule has 0 saturated heterocycles. The van der Waals surface area contributed by atoms with E-state index in [0.29, 0.717) is 5.56 Å². The van der Waals surface area contributed by atoms with Gasteiger partial charge in [0.15, 0.2) is 0 Å². The van der Waals surface area contributed by atoms with Gasteiger partial charge >= 0.3 is 0 Å². The molecule has 0 atom stereocenters. The molecule has 1 N–H and O–H groups in total. The molecule has 0 aliphatic rings. The van der Waals surface area contributed by atoms with E-state index in [-0.39, 0.29) is 5.91 Å². The summed E-state index contributed by atoms with van der Waals surface area (Å²) in [7, 11) is 0. The molecule has 126 valence electrons. The molecule has 0 aliphatic carbocycles. The summed E-state index contributed by atoms with van der Waals surface area (Å²) in [6.45, 7) is 2.03. The van der Waals surface area contributed by atoms with E-state index in [1.165, 1.54) is 0 Å². The third kappa shape index (κ3) is 3.30. The minimum atomic E-state index is -0.142. The Balaban J connectivity index is 1.54. The Kier molecular flexibility index (Phi) is 4.15. The van der Waals surface area contributed by atoms with Crippen LogP contribution in [0.4, 0.5) is 5.69 Å². The minimum absolute atomic E-state index is 0.142. The number of benzene rings is 2. The summed E-state index contributed by atoms with van der Waals surface area (Å²) in [4.78, 5) is 21.2. The molecule has 26 heavy (non-hydrogen) atoms. The van der Waals surface area contributed by atoms with Crippen LogP contribution in [0.15, 0.2) is 79.1 Å². The number of hydrogen-bond acceptors (Lipinski definition) is 3. The van der Waals surface area contributed by atoms with Gasteiger partial charge in [-0.05, 0) is 61.0 Å². The maximum Gasteiger partial charge on any atom is 0.255 e. The number of nitrogens with zero attached hydrogens (tertiary/aromatic N) is 2. The predicted molar refractivity (Wildman–Crippen MR) is 104 cm³/mol. The van der Waals surface area contributed by atoms with E-state index in [0.717, 1.165) is 33.4 Å². The van der Waals surface area contributed by atoms with Gasteiger partial charge in [-0.15, -0.1) is 0 Å². The summed E-state index contributed by atoms with van der Waals surface area (Å²) < 4.78 is 0. The molecule has 0 fully saturated rings. The molecule has 0 bridgehead atoms. The number of pyridine rings is 2. The largest absolute Gasteiger partial charge is 0.322 e. The highest BCUT2D eigenvalue weighted by Gasteiger charge is 2.08. The van der Waals surface area contributed by atoms with Crippen molar-refractivity contribution in [3.05, 3.63) is 90.3 Å². The first-order valence-electron chi connectivity index (χ1n) is 8.38. The molecule has 0 radical (unpaired) electrons. The first-order chi connectivity index (χ1) is 12.7. The molecule has 0 saturated carbocycles. The Morgan fingerprint density at radius 1 is 0.885 bits per heavy atom. The first-order valence-corrected chi connectivity index (χ1v) is 8.38. The molecule has 4 heteroatoms. The fourth-order valence-corrected chi connectivity index (χ4v) is 2.84. The monoisotopic (exact) mass is 339 g/mol. The van der Waals surface area contributed by atoms with E-state index in [9.17, 15) is 4.79 Å². The predicted octanol–water partition coefficient (Wildman–Crippen LogP) is 4.86. The quantitative estimate of drug-likeness (QED) is 0.580. The lowest BCUT2D eigenvalue weighted by atomic mass is 10.1. The second-order valence-electron chi connectivity index (χ2n) is 6.16. The third-order valence-corrected chi connectivity index (χ3v) is 4.22. The number of fused-ring (bicyclic) bond motifs is 1. The lowest BCUT2D eigenvalue weighted by molar-refractivity contribution is 0.102. The van der Waals surface area contributed by atoms with Crippen LogP contribution >= 0.6 is 0 Å². The molecule has 4 rings (SSSR count). The summed E-state index contributed by atoms with van der Waals surface area (Å²) in [6.07, 6.45) is 3.55. The summed E-state index contributed by atoms with van der Waals surface area (Å²) in [5.41, 5.74) is 5.30. The molecule has 2 aromatic carbocycles. The first kappa shape index (κ1) is 16.0. The minimum Gasteiger partial charge on any atom is -0.322 e. The molecule has 0 aliphatic heterocycles. The molecule has 0 spiro atoms. The zero-order valence-corrected chi connectivity index (χ0v) is 14.3. The lowest BCUT2D eigenvalue weighted by Gasteiger charge is -2.07. The SMILES string of the molecule is Cc1ccnc(-c2ccc(C(=O)Nc3ccc4ncccc4c3)cc2)c1. The van der Waals surface area contributed by atoms with Crippen LogP contribution in [0.5, 0.6) is 0 Å². The van der Waals surface area contributed by atoms with Crippen molar-refractivity contribution in [3.63, 3.8) is 0 Å². The van der Waals surface area contributed by atoms with Gasteiger partial charge in [0.1, 0.15) is 0 Å². The number of carbonyl (C=O) groups is 1. The fourth-order valence-electron chi connectivity index (χ4n) is 2.84. The second kappa shape index (κ2) is 6.76. The van der Waals surface area contributed by atoms with Gasteiger partial charge < -0.3 is 5.32 Å². The van der Waals surface area contributed by atoms with Crippen LogP contribution < -0.4 is 5.32 Å². The second-order valence-corrected chi connectivity index (χ2v) is 6.16. The Labute approximate surface area is 151 Å². The maximum atomic E-state index is 12.5. The van der Waals surface area contributed by atoms with E-state index in [1.54, 1.807) is 12.4 Å². The van der Waals surface area contributed by atoms with Crippen LogP contribution in [0.25, 0.3) is 22.2 Å². The lowest BCUT2D eigenvalue weighted by Crippen LogP contribution is -2.11. The maximum absolute atomic E-state index is 12.5. The van der Waals surface area contributed by atoms with Crippen molar-refractivity contribution in [2.45, 2.75) is 6.92 Å². The summed E-state index contributed by atoms with van der Waals surface area (Å²) in [6, 6.07) is 21.0. The van der Waals surface area contributed by atoms with Gasteiger partial charge in [0.05, 0.1) is 11.2 Å². The van der Waals surface area contributed by atoms with Crippen LogP contribution in [0.1, 0.15) is 15.9 Å². The van der Waals surface area contributed by atoms with Gasteiger partial charge in [-0.3, -0.25) is 14.8 Å². The number of hydrogen-bond donors (Lipinski definition) is 1. The van der Waals surface area contributed by atoms with Crippen molar-refractivity contribution in [2.75, 3.05) is 5.32 Å². The van der Waals surface area contributed by atoms with Gasteiger partial charge in [0, 0.05) is 34.6 Å². The molecule has 4 nitrogen and oxygen atoms in total.